The molecule has 104 valence electrons. The fourth-order valence-corrected chi connectivity index (χ4v) is 2.79. The van der Waals surface area contributed by atoms with Crippen LogP contribution in [0.3, 0.4) is 0 Å². The van der Waals surface area contributed by atoms with Crippen molar-refractivity contribution in [2.45, 2.75) is 26.2 Å². The van der Waals surface area contributed by atoms with E-state index in [-0.39, 0.29) is 6.04 Å². The summed E-state index contributed by atoms with van der Waals surface area (Å²) in [4.78, 5) is 0. The summed E-state index contributed by atoms with van der Waals surface area (Å²) in [6.07, 6.45) is 0. The van der Waals surface area contributed by atoms with E-state index in [0.29, 0.717) is 0 Å². The molecular weight excluding hydrogens is 270 g/mol. The van der Waals surface area contributed by atoms with E-state index >= 15 is 0 Å². The molecule has 0 bridgehead atoms. The number of rotatable bonds is 4. The molecule has 1 atom stereocenters. The van der Waals surface area contributed by atoms with Crippen LogP contribution in [-0.2, 0) is 18.0 Å². The zero-order valence-electron chi connectivity index (χ0n) is 11.5. The molecule has 0 fully saturated rings. The molecule has 0 amide bonds. The number of ether oxygens (including phenoxy) is 1. The Kier molecular flexibility index (Phi) is 4.06. The van der Waals surface area contributed by atoms with Crippen LogP contribution in [0.15, 0.2) is 42.5 Å². The molecule has 2 aromatic carbocycles. The maximum Gasteiger partial charge on any atom is 0.0725 e. The zero-order chi connectivity index (χ0) is 13.9. The lowest BCUT2D eigenvalue weighted by Gasteiger charge is -2.20. The van der Waals surface area contributed by atoms with Gasteiger partial charge in [-0.25, -0.2) is 0 Å². The highest BCUT2D eigenvalue weighted by Gasteiger charge is 2.17. The first-order valence-corrected chi connectivity index (χ1v) is 7.34. The standard InChI is InChI=1S/C17H18ClNO/c1-2-19-17(12-5-7-16(18)8-6-12)13-3-4-14-10-20-11-15(14)9-13/h3-9,17,19H,2,10-11H2,1H3. The maximum absolute atomic E-state index is 5.98. The highest BCUT2D eigenvalue weighted by atomic mass is 35.5. The monoisotopic (exact) mass is 287 g/mol. The van der Waals surface area contributed by atoms with Crippen molar-refractivity contribution in [1.82, 2.24) is 5.32 Å². The Labute approximate surface area is 124 Å². The first kappa shape index (κ1) is 13.6. The van der Waals surface area contributed by atoms with Crippen LogP contribution in [0.1, 0.15) is 35.2 Å². The third-order valence-corrected chi connectivity index (χ3v) is 3.94. The van der Waals surface area contributed by atoms with Crippen molar-refractivity contribution in [3.8, 4) is 0 Å². The van der Waals surface area contributed by atoms with Gasteiger partial charge in [-0.1, -0.05) is 48.9 Å². The molecule has 2 nitrogen and oxygen atoms in total. The fourth-order valence-electron chi connectivity index (χ4n) is 2.66. The van der Waals surface area contributed by atoms with Gasteiger partial charge in [0.2, 0.25) is 0 Å². The van der Waals surface area contributed by atoms with Crippen LogP contribution in [0, 0.1) is 0 Å². The summed E-state index contributed by atoms with van der Waals surface area (Å²) >= 11 is 5.98. The lowest BCUT2D eigenvalue weighted by Crippen LogP contribution is -2.22. The number of halogens is 1. The average Bonchev–Trinajstić information content (AvgIpc) is 2.93. The molecule has 20 heavy (non-hydrogen) atoms. The van der Waals surface area contributed by atoms with Crippen LogP contribution in [0.2, 0.25) is 5.02 Å². The number of benzene rings is 2. The topological polar surface area (TPSA) is 21.3 Å². The molecule has 1 aliphatic heterocycles. The van der Waals surface area contributed by atoms with Gasteiger partial charge < -0.3 is 10.1 Å². The smallest absolute Gasteiger partial charge is 0.0725 e. The summed E-state index contributed by atoms with van der Waals surface area (Å²) in [6, 6.07) is 14.9. The minimum absolute atomic E-state index is 0.197. The van der Waals surface area contributed by atoms with Gasteiger partial charge in [-0.2, -0.15) is 0 Å². The normalized spacial score (nSPS) is 15.1. The van der Waals surface area contributed by atoms with Gasteiger partial charge in [-0.05, 0) is 40.9 Å². The van der Waals surface area contributed by atoms with E-state index in [1.165, 1.54) is 22.3 Å². The molecule has 0 aromatic heterocycles. The maximum atomic E-state index is 5.98. The predicted molar refractivity (Wildman–Crippen MR) is 81.9 cm³/mol. The number of nitrogens with one attached hydrogen (secondary N) is 1. The zero-order valence-corrected chi connectivity index (χ0v) is 12.3. The van der Waals surface area contributed by atoms with E-state index in [4.69, 9.17) is 16.3 Å². The molecule has 0 spiro atoms. The summed E-state index contributed by atoms with van der Waals surface area (Å²) in [5, 5.41) is 4.31. The Bertz CT molecular complexity index is 594. The van der Waals surface area contributed by atoms with E-state index in [0.717, 1.165) is 24.8 Å². The van der Waals surface area contributed by atoms with Gasteiger partial charge in [0.15, 0.2) is 0 Å². The summed E-state index contributed by atoms with van der Waals surface area (Å²) in [6.45, 7) is 4.51. The Morgan fingerprint density at radius 3 is 2.50 bits per heavy atom. The van der Waals surface area contributed by atoms with Gasteiger partial charge in [-0.15, -0.1) is 0 Å². The Morgan fingerprint density at radius 1 is 1.05 bits per heavy atom. The predicted octanol–water partition coefficient (Wildman–Crippen LogP) is 4.07. The molecule has 1 heterocycles. The van der Waals surface area contributed by atoms with Gasteiger partial charge in [-0.3, -0.25) is 0 Å². The SMILES string of the molecule is CCNC(c1ccc(Cl)cc1)c1ccc2c(c1)COC2. The summed E-state index contributed by atoms with van der Waals surface area (Å²) in [5.41, 5.74) is 5.12. The molecule has 3 rings (SSSR count). The van der Waals surface area contributed by atoms with Crippen molar-refractivity contribution in [3.05, 3.63) is 69.7 Å². The second-order valence-corrected chi connectivity index (χ2v) is 5.50. The summed E-state index contributed by atoms with van der Waals surface area (Å²) in [5.74, 6) is 0. The number of hydrogen-bond acceptors (Lipinski definition) is 2. The fraction of sp³-hybridized carbons (Fsp3) is 0.294. The van der Waals surface area contributed by atoms with Crippen LogP contribution in [-0.4, -0.2) is 6.54 Å². The highest BCUT2D eigenvalue weighted by Crippen LogP contribution is 2.28. The minimum atomic E-state index is 0.197. The molecular formula is C17H18ClNO. The van der Waals surface area contributed by atoms with Gasteiger partial charge in [0.25, 0.3) is 0 Å². The van der Waals surface area contributed by atoms with Crippen molar-refractivity contribution in [2.24, 2.45) is 0 Å². The van der Waals surface area contributed by atoms with E-state index in [9.17, 15) is 0 Å². The largest absolute Gasteiger partial charge is 0.372 e. The molecule has 1 aliphatic rings. The molecule has 1 N–H and O–H groups in total. The molecule has 3 heteroatoms. The van der Waals surface area contributed by atoms with Gasteiger partial charge in [0, 0.05) is 5.02 Å². The highest BCUT2D eigenvalue weighted by molar-refractivity contribution is 6.30. The first-order chi connectivity index (χ1) is 9.78. The second kappa shape index (κ2) is 5.96. The van der Waals surface area contributed by atoms with Crippen molar-refractivity contribution >= 4 is 11.6 Å². The quantitative estimate of drug-likeness (QED) is 0.915. The van der Waals surface area contributed by atoms with E-state index in [1.807, 2.05) is 12.1 Å². The number of hydrogen-bond donors (Lipinski definition) is 1. The van der Waals surface area contributed by atoms with Gasteiger partial charge >= 0.3 is 0 Å². The molecule has 0 saturated heterocycles. The lowest BCUT2D eigenvalue weighted by molar-refractivity contribution is 0.134. The van der Waals surface area contributed by atoms with E-state index in [1.54, 1.807) is 0 Å². The second-order valence-electron chi connectivity index (χ2n) is 5.06. The Hall–Kier alpha value is -1.35. The Balaban J connectivity index is 1.95. The summed E-state index contributed by atoms with van der Waals surface area (Å²) < 4.78 is 5.49. The third kappa shape index (κ3) is 2.73. The van der Waals surface area contributed by atoms with Crippen LogP contribution < -0.4 is 5.32 Å². The van der Waals surface area contributed by atoms with E-state index in [2.05, 4.69) is 42.6 Å². The first-order valence-electron chi connectivity index (χ1n) is 6.96. The van der Waals surface area contributed by atoms with Crippen molar-refractivity contribution in [2.75, 3.05) is 6.54 Å². The van der Waals surface area contributed by atoms with Crippen molar-refractivity contribution < 1.29 is 4.74 Å². The van der Waals surface area contributed by atoms with Gasteiger partial charge in [0.05, 0.1) is 19.3 Å². The van der Waals surface area contributed by atoms with Crippen molar-refractivity contribution in [1.29, 1.82) is 0 Å². The molecule has 0 saturated carbocycles. The van der Waals surface area contributed by atoms with Crippen LogP contribution in [0.25, 0.3) is 0 Å². The van der Waals surface area contributed by atoms with E-state index < -0.39 is 0 Å². The van der Waals surface area contributed by atoms with Crippen LogP contribution in [0.4, 0.5) is 0 Å². The minimum Gasteiger partial charge on any atom is -0.372 e. The lowest BCUT2D eigenvalue weighted by atomic mass is 9.95. The third-order valence-electron chi connectivity index (χ3n) is 3.69. The molecule has 2 aromatic rings. The van der Waals surface area contributed by atoms with Gasteiger partial charge in [0.1, 0.15) is 0 Å². The molecule has 0 radical (unpaired) electrons. The molecule has 1 unspecified atom stereocenters. The summed E-state index contributed by atoms with van der Waals surface area (Å²) in [7, 11) is 0. The molecule has 0 aliphatic carbocycles. The average molecular weight is 288 g/mol. The van der Waals surface area contributed by atoms with Crippen LogP contribution in [0.5, 0.6) is 0 Å². The van der Waals surface area contributed by atoms with Crippen molar-refractivity contribution in [3.63, 3.8) is 0 Å². The van der Waals surface area contributed by atoms with Crippen LogP contribution >= 0.6 is 11.6 Å². The number of fused-ring (bicyclic) bond motifs is 1. The Morgan fingerprint density at radius 2 is 1.75 bits per heavy atom.